The Balaban J connectivity index is 2.23. The van der Waals surface area contributed by atoms with E-state index in [0.717, 1.165) is 23.1 Å². The predicted molar refractivity (Wildman–Crippen MR) is 74.4 cm³/mol. The second-order valence-corrected chi connectivity index (χ2v) is 6.04. The van der Waals surface area contributed by atoms with E-state index in [1.165, 1.54) is 5.56 Å². The molecule has 1 heterocycles. The van der Waals surface area contributed by atoms with Gasteiger partial charge in [0.15, 0.2) is 0 Å². The van der Waals surface area contributed by atoms with E-state index >= 15 is 0 Å². The fourth-order valence-corrected chi connectivity index (χ4v) is 2.84. The maximum absolute atomic E-state index is 6.07. The van der Waals surface area contributed by atoms with Crippen molar-refractivity contribution in [3.8, 4) is 5.75 Å². The zero-order valence-corrected chi connectivity index (χ0v) is 12.3. The van der Waals surface area contributed by atoms with Gasteiger partial charge in [-0.05, 0) is 37.6 Å². The average molecular weight is 298 g/mol. The summed E-state index contributed by atoms with van der Waals surface area (Å²) in [6, 6.07) is 6.67. The molecule has 2 atom stereocenters. The maximum Gasteiger partial charge on any atom is 0.124 e. The zero-order chi connectivity index (χ0) is 12.4. The van der Waals surface area contributed by atoms with E-state index in [9.17, 15) is 0 Å². The molecular weight excluding hydrogens is 278 g/mol. The minimum Gasteiger partial charge on any atom is -0.490 e. The van der Waals surface area contributed by atoms with Gasteiger partial charge < -0.3 is 10.1 Å². The smallest absolute Gasteiger partial charge is 0.124 e. The second-order valence-electron chi connectivity index (χ2n) is 5.13. The summed E-state index contributed by atoms with van der Waals surface area (Å²) >= 11 is 3.52. The van der Waals surface area contributed by atoms with Gasteiger partial charge in [0.05, 0.1) is 0 Å². The molecule has 2 unspecified atom stereocenters. The van der Waals surface area contributed by atoms with Crippen molar-refractivity contribution in [3.05, 3.63) is 28.2 Å². The van der Waals surface area contributed by atoms with Crippen molar-refractivity contribution in [3.63, 3.8) is 0 Å². The fourth-order valence-electron chi connectivity index (χ4n) is 2.46. The third-order valence-corrected chi connectivity index (χ3v) is 3.72. The summed E-state index contributed by atoms with van der Waals surface area (Å²) in [6.45, 7) is 4.49. The Labute approximate surface area is 112 Å². The van der Waals surface area contributed by atoms with Crippen LogP contribution >= 0.6 is 15.9 Å². The molecule has 0 bridgehead atoms. The highest BCUT2D eigenvalue weighted by molar-refractivity contribution is 9.10. The van der Waals surface area contributed by atoms with Gasteiger partial charge in [0, 0.05) is 22.5 Å². The van der Waals surface area contributed by atoms with E-state index in [0.29, 0.717) is 18.1 Å². The lowest BCUT2D eigenvalue weighted by molar-refractivity contribution is 0.130. The number of benzene rings is 1. The van der Waals surface area contributed by atoms with Gasteiger partial charge in [0.1, 0.15) is 11.9 Å². The summed E-state index contributed by atoms with van der Waals surface area (Å²) in [4.78, 5) is 0. The quantitative estimate of drug-likeness (QED) is 0.913. The van der Waals surface area contributed by atoms with Crippen LogP contribution in [0.25, 0.3) is 0 Å². The number of fused-ring (bicyclic) bond motifs is 1. The molecule has 0 spiro atoms. The van der Waals surface area contributed by atoms with Gasteiger partial charge in [-0.25, -0.2) is 0 Å². The van der Waals surface area contributed by atoms with E-state index in [-0.39, 0.29) is 0 Å². The molecule has 0 saturated carbocycles. The molecule has 2 nitrogen and oxygen atoms in total. The van der Waals surface area contributed by atoms with Gasteiger partial charge in [-0.2, -0.15) is 0 Å². The van der Waals surface area contributed by atoms with Gasteiger partial charge in [-0.3, -0.25) is 0 Å². The third-order valence-electron chi connectivity index (χ3n) is 3.22. The molecule has 0 radical (unpaired) electrons. The minimum atomic E-state index is 0.334. The number of ether oxygens (including phenoxy) is 1. The average Bonchev–Trinajstić information content (AvgIpc) is 2.27. The van der Waals surface area contributed by atoms with Crippen molar-refractivity contribution >= 4 is 15.9 Å². The van der Waals surface area contributed by atoms with E-state index in [1.807, 2.05) is 13.1 Å². The van der Waals surface area contributed by atoms with Crippen LogP contribution in [-0.2, 0) is 0 Å². The van der Waals surface area contributed by atoms with Gasteiger partial charge in [-0.15, -0.1) is 0 Å². The number of rotatable bonds is 3. The Kier molecular flexibility index (Phi) is 4.10. The molecular formula is C14H20BrNO. The van der Waals surface area contributed by atoms with Crippen molar-refractivity contribution in [1.82, 2.24) is 5.32 Å². The normalized spacial score (nSPS) is 23.4. The lowest BCUT2D eigenvalue weighted by atomic mass is 9.92. The fraction of sp³-hybridized carbons (Fsp3) is 0.571. The zero-order valence-electron chi connectivity index (χ0n) is 10.7. The molecule has 0 saturated heterocycles. The lowest BCUT2D eigenvalue weighted by Crippen LogP contribution is -2.32. The van der Waals surface area contributed by atoms with Gasteiger partial charge >= 0.3 is 0 Å². The molecule has 1 aliphatic heterocycles. The molecule has 3 heteroatoms. The predicted octanol–water partition coefficient (Wildman–Crippen LogP) is 3.91. The van der Waals surface area contributed by atoms with Crippen LogP contribution in [0.1, 0.15) is 38.3 Å². The Bertz CT molecular complexity index is 392. The molecule has 2 rings (SSSR count). The molecule has 0 amide bonds. The maximum atomic E-state index is 6.07. The van der Waals surface area contributed by atoms with Crippen molar-refractivity contribution in [1.29, 1.82) is 0 Å². The summed E-state index contributed by atoms with van der Waals surface area (Å²) in [5.74, 6) is 1.71. The minimum absolute atomic E-state index is 0.334. The summed E-state index contributed by atoms with van der Waals surface area (Å²) in [6.07, 6.45) is 2.51. The van der Waals surface area contributed by atoms with Crippen LogP contribution in [0.5, 0.6) is 5.75 Å². The van der Waals surface area contributed by atoms with Crippen molar-refractivity contribution in [2.24, 2.45) is 5.92 Å². The number of halogens is 1. The highest BCUT2D eigenvalue weighted by Gasteiger charge is 2.27. The second kappa shape index (κ2) is 5.40. The first-order valence-corrected chi connectivity index (χ1v) is 7.02. The van der Waals surface area contributed by atoms with Crippen LogP contribution in [0, 0.1) is 5.92 Å². The van der Waals surface area contributed by atoms with Crippen LogP contribution in [0.4, 0.5) is 0 Å². The van der Waals surface area contributed by atoms with E-state index in [4.69, 9.17) is 4.74 Å². The molecule has 94 valence electrons. The first-order chi connectivity index (χ1) is 8.10. The third kappa shape index (κ3) is 3.02. The molecule has 1 aromatic rings. The highest BCUT2D eigenvalue weighted by atomic mass is 79.9. The summed E-state index contributed by atoms with van der Waals surface area (Å²) in [5.41, 5.74) is 1.27. The van der Waals surface area contributed by atoms with Gasteiger partial charge in [-0.1, -0.05) is 29.8 Å². The molecule has 0 aliphatic carbocycles. The number of hydrogen-bond acceptors (Lipinski definition) is 2. The van der Waals surface area contributed by atoms with Crippen LogP contribution in [-0.4, -0.2) is 13.2 Å². The highest BCUT2D eigenvalue weighted by Crippen LogP contribution is 2.37. The Morgan fingerprint density at radius 3 is 2.88 bits per heavy atom. The van der Waals surface area contributed by atoms with E-state index < -0.39 is 0 Å². The summed E-state index contributed by atoms with van der Waals surface area (Å²) < 4.78 is 7.18. The molecule has 0 fully saturated rings. The Morgan fingerprint density at radius 1 is 1.47 bits per heavy atom. The largest absolute Gasteiger partial charge is 0.490 e. The first kappa shape index (κ1) is 12.9. The molecule has 1 aromatic carbocycles. The van der Waals surface area contributed by atoms with Crippen molar-refractivity contribution < 1.29 is 4.74 Å². The SMILES string of the molecule is CNC1CC(CC(C)C)Oc2ccc(Br)cc21. The molecule has 17 heavy (non-hydrogen) atoms. The van der Waals surface area contributed by atoms with E-state index in [1.54, 1.807) is 0 Å². The molecule has 1 aliphatic rings. The summed E-state index contributed by atoms with van der Waals surface area (Å²) in [5, 5.41) is 3.39. The van der Waals surface area contributed by atoms with Crippen LogP contribution in [0.3, 0.4) is 0 Å². The molecule has 0 aromatic heterocycles. The number of hydrogen-bond donors (Lipinski definition) is 1. The van der Waals surface area contributed by atoms with Crippen molar-refractivity contribution in [2.75, 3.05) is 7.05 Å². The lowest BCUT2D eigenvalue weighted by Gasteiger charge is -2.33. The number of nitrogens with one attached hydrogen (secondary N) is 1. The summed E-state index contributed by atoms with van der Waals surface area (Å²) in [7, 11) is 2.02. The van der Waals surface area contributed by atoms with Crippen LogP contribution in [0.15, 0.2) is 22.7 Å². The standard InChI is InChI=1S/C14H20BrNO/c1-9(2)6-11-8-13(16-3)12-7-10(15)4-5-14(12)17-11/h4-5,7,9,11,13,16H,6,8H2,1-3H3. The van der Waals surface area contributed by atoms with E-state index in [2.05, 4.69) is 47.2 Å². The van der Waals surface area contributed by atoms with Gasteiger partial charge in [0.2, 0.25) is 0 Å². The van der Waals surface area contributed by atoms with Crippen molar-refractivity contribution in [2.45, 2.75) is 38.8 Å². The first-order valence-electron chi connectivity index (χ1n) is 6.23. The van der Waals surface area contributed by atoms with Crippen LogP contribution in [0.2, 0.25) is 0 Å². The van der Waals surface area contributed by atoms with Gasteiger partial charge in [0.25, 0.3) is 0 Å². The Morgan fingerprint density at radius 2 is 2.24 bits per heavy atom. The molecule has 1 N–H and O–H groups in total. The monoisotopic (exact) mass is 297 g/mol. The van der Waals surface area contributed by atoms with Crippen LogP contribution < -0.4 is 10.1 Å². The topological polar surface area (TPSA) is 21.3 Å². The Hall–Kier alpha value is -0.540.